The largest absolute Gasteiger partial charge is 0.351 e. The van der Waals surface area contributed by atoms with Gasteiger partial charge in [0.1, 0.15) is 0 Å². The van der Waals surface area contributed by atoms with Gasteiger partial charge in [-0.25, -0.2) is 0 Å². The Bertz CT molecular complexity index is 223. The Balaban J connectivity index is 1.59. The molecule has 0 aromatic heterocycles. The van der Waals surface area contributed by atoms with Crippen LogP contribution in [0.2, 0.25) is 0 Å². The minimum absolute atomic E-state index is 0.180. The van der Waals surface area contributed by atoms with Crippen molar-refractivity contribution in [1.29, 1.82) is 0 Å². The van der Waals surface area contributed by atoms with E-state index in [-0.39, 0.29) is 5.91 Å². The zero-order valence-electron chi connectivity index (χ0n) is 9.84. The molecule has 1 aliphatic heterocycles. The van der Waals surface area contributed by atoms with Crippen LogP contribution in [0.1, 0.15) is 38.5 Å². The predicted molar refractivity (Wildman–Crippen MR) is 68.7 cm³/mol. The number of amides is 1. The Morgan fingerprint density at radius 1 is 1.12 bits per heavy atom. The number of nitrogens with one attached hydrogen (secondary N) is 2. The maximum Gasteiger partial charge on any atom is 0.234 e. The molecular weight excluding hydrogens is 220 g/mol. The summed E-state index contributed by atoms with van der Waals surface area (Å²) in [5, 5.41) is 6.47. The molecule has 1 heterocycles. The van der Waals surface area contributed by atoms with Gasteiger partial charge >= 0.3 is 0 Å². The highest BCUT2D eigenvalue weighted by Crippen LogP contribution is 2.18. The van der Waals surface area contributed by atoms with Gasteiger partial charge in [0.15, 0.2) is 0 Å². The van der Waals surface area contributed by atoms with E-state index in [4.69, 9.17) is 0 Å². The van der Waals surface area contributed by atoms with Crippen LogP contribution in [0.4, 0.5) is 0 Å². The third-order valence-corrected chi connectivity index (χ3v) is 4.65. The van der Waals surface area contributed by atoms with E-state index in [1.807, 2.05) is 11.8 Å². The fraction of sp³-hybridized carbons (Fsp3) is 0.917. The summed E-state index contributed by atoms with van der Waals surface area (Å²) in [6.45, 7) is 0.506. The molecule has 0 aromatic carbocycles. The first-order valence-electron chi connectivity index (χ1n) is 6.45. The molecule has 2 fully saturated rings. The van der Waals surface area contributed by atoms with Crippen molar-refractivity contribution in [3.8, 4) is 0 Å². The summed E-state index contributed by atoms with van der Waals surface area (Å²) in [6, 6.07) is 1.00. The fourth-order valence-corrected chi connectivity index (χ4v) is 3.57. The Hall–Kier alpha value is -0.220. The first-order valence-corrected chi connectivity index (χ1v) is 7.60. The topological polar surface area (TPSA) is 41.1 Å². The third kappa shape index (κ3) is 3.98. The van der Waals surface area contributed by atoms with E-state index in [1.54, 1.807) is 0 Å². The average molecular weight is 242 g/mol. The second kappa shape index (κ2) is 6.50. The maximum atomic E-state index is 11.7. The van der Waals surface area contributed by atoms with Gasteiger partial charge in [0.25, 0.3) is 0 Å². The summed E-state index contributed by atoms with van der Waals surface area (Å²) in [7, 11) is 0. The summed E-state index contributed by atoms with van der Waals surface area (Å²) in [4.78, 5) is 11.7. The summed E-state index contributed by atoms with van der Waals surface area (Å²) in [5.41, 5.74) is 0. The fourth-order valence-electron chi connectivity index (χ4n) is 2.50. The average Bonchev–Trinajstić information content (AvgIpc) is 2.81. The molecule has 16 heavy (non-hydrogen) atoms. The first-order chi connectivity index (χ1) is 7.84. The molecule has 2 rings (SSSR count). The molecule has 2 N–H and O–H groups in total. The van der Waals surface area contributed by atoms with Crippen molar-refractivity contribution >= 4 is 17.7 Å². The highest BCUT2D eigenvalue weighted by molar-refractivity contribution is 7.99. The van der Waals surface area contributed by atoms with Gasteiger partial charge in [0.05, 0.1) is 6.54 Å². The predicted octanol–water partition coefficient (Wildman–Crippen LogP) is 1.53. The lowest BCUT2D eigenvalue weighted by molar-refractivity contribution is -0.121. The molecule has 0 aromatic rings. The Morgan fingerprint density at radius 2 is 1.88 bits per heavy atom. The van der Waals surface area contributed by atoms with Crippen LogP contribution >= 0.6 is 11.8 Å². The molecule has 0 spiro atoms. The van der Waals surface area contributed by atoms with Crippen molar-refractivity contribution in [3.63, 3.8) is 0 Å². The smallest absolute Gasteiger partial charge is 0.234 e. The lowest BCUT2D eigenvalue weighted by atomic mass is 10.2. The number of hydrogen-bond acceptors (Lipinski definition) is 3. The third-order valence-electron chi connectivity index (χ3n) is 3.43. The van der Waals surface area contributed by atoms with Crippen LogP contribution in [0, 0.1) is 0 Å². The Labute approximate surface area is 102 Å². The molecule has 4 heteroatoms. The number of carbonyl (C=O) groups is 1. The lowest BCUT2D eigenvalue weighted by Crippen LogP contribution is -2.44. The van der Waals surface area contributed by atoms with Gasteiger partial charge in [-0.1, -0.05) is 12.8 Å². The highest BCUT2D eigenvalue weighted by atomic mass is 32.2. The molecule has 1 unspecified atom stereocenters. The van der Waals surface area contributed by atoms with Crippen LogP contribution in [0.3, 0.4) is 0 Å². The monoisotopic (exact) mass is 242 g/mol. The lowest BCUT2D eigenvalue weighted by Gasteiger charge is -2.23. The van der Waals surface area contributed by atoms with Crippen molar-refractivity contribution < 1.29 is 4.79 Å². The molecule has 1 atom stereocenters. The van der Waals surface area contributed by atoms with Crippen LogP contribution in [0.15, 0.2) is 0 Å². The number of carbonyl (C=O) groups excluding carboxylic acids is 1. The molecule has 1 aliphatic carbocycles. The standard InChI is InChI=1S/C12H22N2OS/c15-12(8-13-10-4-1-2-5-10)14-11-6-3-7-16-9-11/h10-11,13H,1-9H2,(H,14,15). The molecule has 1 amide bonds. The van der Waals surface area contributed by atoms with Crippen LogP contribution in [0.5, 0.6) is 0 Å². The molecule has 92 valence electrons. The zero-order valence-corrected chi connectivity index (χ0v) is 10.7. The van der Waals surface area contributed by atoms with Gasteiger partial charge in [-0.2, -0.15) is 11.8 Å². The van der Waals surface area contributed by atoms with Crippen molar-refractivity contribution in [2.45, 2.75) is 50.6 Å². The van der Waals surface area contributed by atoms with E-state index in [9.17, 15) is 4.79 Å². The van der Waals surface area contributed by atoms with E-state index in [0.717, 1.165) is 12.2 Å². The Morgan fingerprint density at radius 3 is 2.56 bits per heavy atom. The zero-order chi connectivity index (χ0) is 11.2. The van der Waals surface area contributed by atoms with Crippen LogP contribution < -0.4 is 10.6 Å². The van der Waals surface area contributed by atoms with Crippen molar-refractivity contribution in [3.05, 3.63) is 0 Å². The van der Waals surface area contributed by atoms with Gasteiger partial charge in [-0.15, -0.1) is 0 Å². The normalized spacial score (nSPS) is 26.9. The number of hydrogen-bond donors (Lipinski definition) is 2. The van der Waals surface area contributed by atoms with E-state index < -0.39 is 0 Å². The molecule has 0 radical (unpaired) electrons. The second-order valence-electron chi connectivity index (χ2n) is 4.84. The highest BCUT2D eigenvalue weighted by Gasteiger charge is 2.18. The summed E-state index contributed by atoms with van der Waals surface area (Å²) >= 11 is 1.95. The molecule has 2 aliphatic rings. The number of rotatable bonds is 4. The first kappa shape index (κ1) is 12.2. The van der Waals surface area contributed by atoms with Crippen LogP contribution in [-0.4, -0.2) is 36.0 Å². The van der Waals surface area contributed by atoms with E-state index in [0.29, 0.717) is 18.6 Å². The maximum absolute atomic E-state index is 11.7. The molecule has 1 saturated carbocycles. The van der Waals surface area contributed by atoms with Gasteiger partial charge < -0.3 is 10.6 Å². The van der Waals surface area contributed by atoms with Crippen LogP contribution in [0.25, 0.3) is 0 Å². The SMILES string of the molecule is O=C(CNC1CCCC1)NC1CCCSC1. The molecular formula is C12H22N2OS. The van der Waals surface area contributed by atoms with E-state index in [2.05, 4.69) is 10.6 Å². The van der Waals surface area contributed by atoms with E-state index in [1.165, 1.54) is 37.9 Å². The second-order valence-corrected chi connectivity index (χ2v) is 5.99. The van der Waals surface area contributed by atoms with Gasteiger partial charge in [-0.3, -0.25) is 4.79 Å². The Kier molecular flexibility index (Phi) is 4.97. The minimum Gasteiger partial charge on any atom is -0.351 e. The van der Waals surface area contributed by atoms with E-state index >= 15 is 0 Å². The van der Waals surface area contributed by atoms with Gasteiger partial charge in [0, 0.05) is 17.8 Å². The summed E-state index contributed by atoms with van der Waals surface area (Å²) < 4.78 is 0. The van der Waals surface area contributed by atoms with Crippen LogP contribution in [-0.2, 0) is 4.79 Å². The minimum atomic E-state index is 0.180. The number of thioether (sulfide) groups is 1. The molecule has 3 nitrogen and oxygen atoms in total. The summed E-state index contributed by atoms with van der Waals surface area (Å²) in [5.74, 6) is 2.53. The van der Waals surface area contributed by atoms with Crippen molar-refractivity contribution in [1.82, 2.24) is 10.6 Å². The quantitative estimate of drug-likeness (QED) is 0.785. The van der Waals surface area contributed by atoms with Crippen molar-refractivity contribution in [2.75, 3.05) is 18.1 Å². The molecule has 0 bridgehead atoms. The summed E-state index contributed by atoms with van der Waals surface area (Å²) in [6.07, 6.45) is 7.52. The molecule has 1 saturated heterocycles. The van der Waals surface area contributed by atoms with Gasteiger partial charge in [-0.05, 0) is 31.4 Å². The van der Waals surface area contributed by atoms with Gasteiger partial charge in [0.2, 0.25) is 5.91 Å². The van der Waals surface area contributed by atoms with Crippen molar-refractivity contribution in [2.24, 2.45) is 0 Å².